The van der Waals surface area contributed by atoms with Crippen LogP contribution in [0.1, 0.15) is 39.0 Å². The standard InChI is InChI=1S/C13H22N2O5/c1-2-20-11(17)9(14)10(16)15-8-13(12(18)19)6-4-3-5-7-13/h9H,2-8,14H2,1H3,(H,15,16)(H,18,19). The third-order valence-electron chi connectivity index (χ3n) is 3.69. The van der Waals surface area contributed by atoms with Crippen LogP contribution in [0.4, 0.5) is 0 Å². The van der Waals surface area contributed by atoms with E-state index in [9.17, 15) is 19.5 Å². The molecule has 7 heteroatoms. The first kappa shape index (κ1) is 16.4. The summed E-state index contributed by atoms with van der Waals surface area (Å²) < 4.78 is 4.65. The number of nitrogens with one attached hydrogen (secondary N) is 1. The highest BCUT2D eigenvalue weighted by Gasteiger charge is 2.40. The Balaban J connectivity index is 2.57. The fraction of sp³-hybridized carbons (Fsp3) is 0.769. The number of carboxylic acids is 1. The normalized spacial score (nSPS) is 18.9. The van der Waals surface area contributed by atoms with Crippen LogP contribution in [-0.4, -0.2) is 42.1 Å². The topological polar surface area (TPSA) is 119 Å². The van der Waals surface area contributed by atoms with Crippen molar-refractivity contribution in [3.63, 3.8) is 0 Å². The summed E-state index contributed by atoms with van der Waals surface area (Å²) in [6, 6.07) is -1.41. The van der Waals surface area contributed by atoms with Gasteiger partial charge in [0.05, 0.1) is 12.0 Å². The molecule has 1 aliphatic carbocycles. The predicted octanol–water partition coefficient (Wildman–Crippen LogP) is 0.0281. The molecule has 1 saturated carbocycles. The van der Waals surface area contributed by atoms with Gasteiger partial charge in [-0.25, -0.2) is 4.79 Å². The van der Waals surface area contributed by atoms with Crippen LogP contribution in [0.2, 0.25) is 0 Å². The number of hydrogen-bond acceptors (Lipinski definition) is 5. The van der Waals surface area contributed by atoms with Crippen molar-refractivity contribution in [3.8, 4) is 0 Å². The monoisotopic (exact) mass is 286 g/mol. The van der Waals surface area contributed by atoms with Gasteiger partial charge in [0.15, 0.2) is 6.04 Å². The van der Waals surface area contributed by atoms with Crippen LogP contribution < -0.4 is 11.1 Å². The lowest BCUT2D eigenvalue weighted by Gasteiger charge is -2.33. The molecule has 114 valence electrons. The number of esters is 1. The number of rotatable bonds is 6. The van der Waals surface area contributed by atoms with Crippen molar-refractivity contribution in [2.75, 3.05) is 13.2 Å². The lowest BCUT2D eigenvalue weighted by Crippen LogP contribution is -2.51. The Kier molecular flexibility index (Phi) is 5.94. The smallest absolute Gasteiger partial charge is 0.332 e. The van der Waals surface area contributed by atoms with E-state index in [2.05, 4.69) is 10.1 Å². The third kappa shape index (κ3) is 3.93. The Morgan fingerprint density at radius 3 is 2.40 bits per heavy atom. The van der Waals surface area contributed by atoms with E-state index < -0.39 is 29.3 Å². The lowest BCUT2D eigenvalue weighted by atomic mass is 9.74. The van der Waals surface area contributed by atoms with Crippen LogP contribution in [0.25, 0.3) is 0 Å². The molecule has 1 fully saturated rings. The van der Waals surface area contributed by atoms with Crippen LogP contribution in [0, 0.1) is 5.41 Å². The van der Waals surface area contributed by atoms with Gasteiger partial charge in [-0.05, 0) is 19.8 Å². The molecule has 0 radical (unpaired) electrons. The van der Waals surface area contributed by atoms with E-state index in [1.165, 1.54) is 0 Å². The maximum Gasteiger partial charge on any atom is 0.332 e. The number of amides is 1. The molecule has 0 aromatic heterocycles. The molecule has 1 unspecified atom stereocenters. The molecule has 0 heterocycles. The number of carbonyl (C=O) groups is 3. The van der Waals surface area contributed by atoms with Crippen LogP contribution in [0.15, 0.2) is 0 Å². The molecular weight excluding hydrogens is 264 g/mol. The van der Waals surface area contributed by atoms with E-state index in [1.54, 1.807) is 6.92 Å². The Morgan fingerprint density at radius 2 is 1.90 bits per heavy atom. The highest BCUT2D eigenvalue weighted by Crippen LogP contribution is 2.35. The number of carbonyl (C=O) groups excluding carboxylic acids is 2. The van der Waals surface area contributed by atoms with Gasteiger partial charge in [0.1, 0.15) is 0 Å². The van der Waals surface area contributed by atoms with E-state index in [4.69, 9.17) is 5.73 Å². The zero-order chi connectivity index (χ0) is 15.2. The first-order valence-corrected chi connectivity index (χ1v) is 6.86. The fourth-order valence-electron chi connectivity index (χ4n) is 2.40. The molecule has 20 heavy (non-hydrogen) atoms. The Labute approximate surface area is 117 Å². The van der Waals surface area contributed by atoms with E-state index >= 15 is 0 Å². The quantitative estimate of drug-likeness (QED) is 0.468. The van der Waals surface area contributed by atoms with Crippen molar-refractivity contribution in [2.24, 2.45) is 11.1 Å². The molecule has 0 saturated heterocycles. The molecule has 7 nitrogen and oxygen atoms in total. The number of ether oxygens (including phenoxy) is 1. The Hall–Kier alpha value is -1.63. The molecule has 1 aliphatic rings. The second-order valence-corrected chi connectivity index (χ2v) is 5.09. The number of nitrogens with two attached hydrogens (primary N) is 1. The van der Waals surface area contributed by atoms with Gasteiger partial charge in [-0.2, -0.15) is 0 Å². The average Bonchev–Trinajstić information content (AvgIpc) is 2.45. The van der Waals surface area contributed by atoms with Crippen LogP contribution in [0.3, 0.4) is 0 Å². The summed E-state index contributed by atoms with van der Waals surface area (Å²) in [5, 5.41) is 11.8. The zero-order valence-corrected chi connectivity index (χ0v) is 11.7. The predicted molar refractivity (Wildman–Crippen MR) is 70.8 cm³/mol. The molecule has 1 atom stereocenters. The van der Waals surface area contributed by atoms with Crippen molar-refractivity contribution in [1.82, 2.24) is 5.32 Å². The third-order valence-corrected chi connectivity index (χ3v) is 3.69. The van der Waals surface area contributed by atoms with Gasteiger partial charge >= 0.3 is 11.9 Å². The Bertz CT molecular complexity index is 377. The van der Waals surface area contributed by atoms with Gasteiger partial charge in [-0.3, -0.25) is 9.59 Å². The van der Waals surface area contributed by atoms with Gasteiger partial charge in [0.25, 0.3) is 0 Å². The molecule has 0 aromatic carbocycles. The highest BCUT2D eigenvalue weighted by molar-refractivity contribution is 6.01. The number of carboxylic acid groups (broad SMARTS) is 1. The minimum absolute atomic E-state index is 0.00568. The largest absolute Gasteiger partial charge is 0.481 e. The van der Waals surface area contributed by atoms with Crippen molar-refractivity contribution < 1.29 is 24.2 Å². The minimum atomic E-state index is -1.41. The van der Waals surface area contributed by atoms with E-state index in [-0.39, 0.29) is 13.2 Å². The van der Waals surface area contributed by atoms with Crippen molar-refractivity contribution in [2.45, 2.75) is 45.1 Å². The maximum atomic E-state index is 11.7. The molecule has 0 aromatic rings. The fourth-order valence-corrected chi connectivity index (χ4v) is 2.40. The molecule has 4 N–H and O–H groups in total. The van der Waals surface area contributed by atoms with Crippen molar-refractivity contribution in [3.05, 3.63) is 0 Å². The maximum absolute atomic E-state index is 11.7. The first-order chi connectivity index (χ1) is 9.43. The molecule has 1 rings (SSSR count). The average molecular weight is 286 g/mol. The summed E-state index contributed by atoms with van der Waals surface area (Å²) in [4.78, 5) is 34.5. The second-order valence-electron chi connectivity index (χ2n) is 5.09. The van der Waals surface area contributed by atoms with Crippen molar-refractivity contribution >= 4 is 17.8 Å². The molecular formula is C13H22N2O5. The summed E-state index contributed by atoms with van der Waals surface area (Å²) in [7, 11) is 0. The van der Waals surface area contributed by atoms with Crippen LogP contribution >= 0.6 is 0 Å². The lowest BCUT2D eigenvalue weighted by molar-refractivity contribution is -0.151. The van der Waals surface area contributed by atoms with Crippen LogP contribution in [0.5, 0.6) is 0 Å². The van der Waals surface area contributed by atoms with Crippen LogP contribution in [-0.2, 0) is 19.1 Å². The van der Waals surface area contributed by atoms with Gasteiger partial charge in [0.2, 0.25) is 5.91 Å². The second kappa shape index (κ2) is 7.23. The van der Waals surface area contributed by atoms with E-state index in [1.807, 2.05) is 0 Å². The first-order valence-electron chi connectivity index (χ1n) is 6.86. The van der Waals surface area contributed by atoms with Gasteiger partial charge in [0, 0.05) is 6.54 Å². The van der Waals surface area contributed by atoms with E-state index in [0.717, 1.165) is 19.3 Å². The van der Waals surface area contributed by atoms with Gasteiger partial charge in [-0.1, -0.05) is 19.3 Å². The SMILES string of the molecule is CCOC(=O)C(N)C(=O)NCC1(C(=O)O)CCCCC1. The molecule has 0 spiro atoms. The summed E-state index contributed by atoms with van der Waals surface area (Å²) >= 11 is 0. The molecule has 1 amide bonds. The highest BCUT2D eigenvalue weighted by atomic mass is 16.5. The summed E-state index contributed by atoms with van der Waals surface area (Å²) in [5.41, 5.74) is 4.51. The molecule has 0 bridgehead atoms. The Morgan fingerprint density at radius 1 is 1.30 bits per heavy atom. The summed E-state index contributed by atoms with van der Waals surface area (Å²) in [6.45, 7) is 1.75. The summed E-state index contributed by atoms with van der Waals surface area (Å²) in [6.07, 6.45) is 3.71. The minimum Gasteiger partial charge on any atom is -0.481 e. The zero-order valence-electron chi connectivity index (χ0n) is 11.7. The van der Waals surface area contributed by atoms with E-state index in [0.29, 0.717) is 12.8 Å². The summed E-state index contributed by atoms with van der Waals surface area (Å²) in [5.74, 6) is -2.42. The van der Waals surface area contributed by atoms with Gasteiger partial charge < -0.3 is 20.9 Å². The van der Waals surface area contributed by atoms with Crippen molar-refractivity contribution in [1.29, 1.82) is 0 Å². The van der Waals surface area contributed by atoms with Gasteiger partial charge in [-0.15, -0.1) is 0 Å². The number of hydrogen-bond donors (Lipinski definition) is 3. The molecule has 0 aliphatic heterocycles. The number of aliphatic carboxylic acids is 1.